The van der Waals surface area contributed by atoms with E-state index in [-0.39, 0.29) is 12.6 Å². The zero-order valence-corrected chi connectivity index (χ0v) is 36.7. The molecule has 0 rings (SSSR count). The van der Waals surface area contributed by atoms with Crippen molar-refractivity contribution in [1.29, 1.82) is 0 Å². The molecule has 55 heavy (non-hydrogen) atoms. The van der Waals surface area contributed by atoms with E-state index in [1.807, 2.05) is 0 Å². The molecule has 0 radical (unpaired) electrons. The van der Waals surface area contributed by atoms with Crippen molar-refractivity contribution in [3.63, 3.8) is 0 Å². The number of esters is 1. The molecule has 4 heteroatoms. The van der Waals surface area contributed by atoms with Crippen molar-refractivity contribution in [2.75, 3.05) is 19.8 Å². The van der Waals surface area contributed by atoms with Crippen molar-refractivity contribution in [2.24, 2.45) is 0 Å². The van der Waals surface area contributed by atoms with Gasteiger partial charge >= 0.3 is 5.97 Å². The molecule has 1 N–H and O–H groups in total. The quantitative estimate of drug-likeness (QED) is 0.0381. The first-order valence-corrected chi connectivity index (χ1v) is 23.9. The SMILES string of the molecule is CC/C=C\C/C=C\C/C=C\C/C=C\C/C=C\CCCCCCCCCCOCC(CO)OC(=O)CCCCCCCCCCCCCCCCCCCCC. The number of hydrogen-bond acceptors (Lipinski definition) is 4. The molecular weight excluding hydrogens is 677 g/mol. The van der Waals surface area contributed by atoms with Crippen LogP contribution in [-0.4, -0.2) is 37.0 Å². The van der Waals surface area contributed by atoms with Gasteiger partial charge in [0.05, 0.1) is 13.2 Å². The fourth-order valence-electron chi connectivity index (χ4n) is 6.83. The highest BCUT2D eigenvalue weighted by molar-refractivity contribution is 5.69. The Kier molecular flexibility index (Phi) is 46.6. The Bertz CT molecular complexity index is 900. The first-order valence-electron chi connectivity index (χ1n) is 23.9. The molecule has 0 aliphatic carbocycles. The van der Waals surface area contributed by atoms with Gasteiger partial charge in [-0.15, -0.1) is 0 Å². The van der Waals surface area contributed by atoms with Crippen LogP contribution in [0.3, 0.4) is 0 Å². The third-order valence-electron chi connectivity index (χ3n) is 10.4. The van der Waals surface area contributed by atoms with Gasteiger partial charge in [0.2, 0.25) is 0 Å². The Morgan fingerprint density at radius 2 is 0.818 bits per heavy atom. The molecule has 0 aromatic rings. The number of aliphatic hydroxyl groups excluding tert-OH is 1. The van der Waals surface area contributed by atoms with E-state index in [0.29, 0.717) is 19.6 Å². The highest BCUT2D eigenvalue weighted by atomic mass is 16.6. The number of aliphatic hydroxyl groups is 1. The number of rotatable bonds is 44. The van der Waals surface area contributed by atoms with Gasteiger partial charge in [0, 0.05) is 13.0 Å². The minimum Gasteiger partial charge on any atom is -0.457 e. The molecule has 0 amide bonds. The summed E-state index contributed by atoms with van der Waals surface area (Å²) in [6.07, 6.45) is 64.4. The van der Waals surface area contributed by atoms with Crippen LogP contribution in [0, 0.1) is 0 Å². The van der Waals surface area contributed by atoms with E-state index in [1.165, 1.54) is 161 Å². The smallest absolute Gasteiger partial charge is 0.306 e. The lowest BCUT2D eigenvalue weighted by Crippen LogP contribution is -2.27. The van der Waals surface area contributed by atoms with Crippen LogP contribution < -0.4 is 0 Å². The normalized spacial score (nSPS) is 12.9. The third-order valence-corrected chi connectivity index (χ3v) is 10.4. The second kappa shape index (κ2) is 48.2. The molecule has 0 saturated carbocycles. The van der Waals surface area contributed by atoms with E-state index in [9.17, 15) is 9.90 Å². The van der Waals surface area contributed by atoms with Crippen molar-refractivity contribution >= 4 is 5.97 Å². The lowest BCUT2D eigenvalue weighted by atomic mass is 10.0. The fourth-order valence-corrected chi connectivity index (χ4v) is 6.83. The van der Waals surface area contributed by atoms with Gasteiger partial charge in [-0.05, 0) is 57.8 Å². The van der Waals surface area contributed by atoms with E-state index >= 15 is 0 Å². The Morgan fingerprint density at radius 3 is 1.24 bits per heavy atom. The highest BCUT2D eigenvalue weighted by Crippen LogP contribution is 2.15. The average Bonchev–Trinajstić information content (AvgIpc) is 3.19. The van der Waals surface area contributed by atoms with Crippen LogP contribution in [0.1, 0.15) is 232 Å². The average molecular weight is 769 g/mol. The fraction of sp³-hybridized carbons (Fsp3) is 0.784. The molecule has 0 aromatic carbocycles. The summed E-state index contributed by atoms with van der Waals surface area (Å²) in [7, 11) is 0. The van der Waals surface area contributed by atoms with Crippen molar-refractivity contribution in [3.05, 3.63) is 60.8 Å². The van der Waals surface area contributed by atoms with Crippen LogP contribution >= 0.6 is 0 Å². The van der Waals surface area contributed by atoms with Gasteiger partial charge < -0.3 is 14.6 Å². The third kappa shape index (κ3) is 46.4. The van der Waals surface area contributed by atoms with E-state index < -0.39 is 6.10 Å². The molecule has 0 saturated heterocycles. The summed E-state index contributed by atoms with van der Waals surface area (Å²) in [6, 6.07) is 0. The Morgan fingerprint density at radius 1 is 0.455 bits per heavy atom. The Hall–Kier alpha value is -1.91. The number of carbonyl (C=O) groups is 1. The number of unbranched alkanes of at least 4 members (excludes halogenated alkanes) is 26. The molecular formula is C51H92O4. The zero-order valence-electron chi connectivity index (χ0n) is 36.7. The minimum absolute atomic E-state index is 0.175. The highest BCUT2D eigenvalue weighted by Gasteiger charge is 2.13. The standard InChI is InChI=1S/C51H92O4/c1-3-5-7-9-11-13-15-17-19-21-23-24-25-26-27-29-31-33-35-37-39-41-43-45-47-54-49-50(48-52)55-51(53)46-44-42-40-38-36-34-32-30-28-22-20-18-16-14-12-10-8-6-4-2/h5,7,11,13,17,19,23-24,26-27,50,52H,3-4,6,8-10,12,14-16,18,20-22,25,28-49H2,1-2H3/b7-5-,13-11-,19-17-,24-23-,27-26-. The Labute approximate surface area is 343 Å². The van der Waals surface area contributed by atoms with Crippen LogP contribution in [0.5, 0.6) is 0 Å². The molecule has 0 fully saturated rings. The number of hydrogen-bond donors (Lipinski definition) is 1. The second-order valence-electron chi connectivity index (χ2n) is 15.8. The molecule has 1 unspecified atom stereocenters. The summed E-state index contributed by atoms with van der Waals surface area (Å²) in [5.41, 5.74) is 0. The maximum atomic E-state index is 12.2. The lowest BCUT2D eigenvalue weighted by molar-refractivity contribution is -0.154. The molecule has 1 atom stereocenters. The van der Waals surface area contributed by atoms with Gasteiger partial charge in [-0.2, -0.15) is 0 Å². The first-order chi connectivity index (χ1) is 27.2. The Balaban J connectivity index is 3.44. The monoisotopic (exact) mass is 769 g/mol. The molecule has 0 bridgehead atoms. The van der Waals surface area contributed by atoms with Gasteiger partial charge in [-0.25, -0.2) is 0 Å². The van der Waals surface area contributed by atoms with Crippen LogP contribution in [0.25, 0.3) is 0 Å². The summed E-state index contributed by atoms with van der Waals surface area (Å²) < 4.78 is 11.2. The number of ether oxygens (including phenoxy) is 2. The van der Waals surface area contributed by atoms with Crippen molar-refractivity contribution in [3.8, 4) is 0 Å². The molecule has 4 nitrogen and oxygen atoms in total. The molecule has 0 aromatic heterocycles. The first kappa shape index (κ1) is 53.1. The van der Waals surface area contributed by atoms with Crippen LogP contribution in [0.15, 0.2) is 60.8 Å². The number of carbonyl (C=O) groups excluding carboxylic acids is 1. The van der Waals surface area contributed by atoms with Gasteiger partial charge in [0.25, 0.3) is 0 Å². The predicted octanol–water partition coefficient (Wildman–Crippen LogP) is 16.0. The summed E-state index contributed by atoms with van der Waals surface area (Å²) >= 11 is 0. The van der Waals surface area contributed by atoms with Gasteiger partial charge in [0.15, 0.2) is 0 Å². The van der Waals surface area contributed by atoms with Crippen LogP contribution in [0.2, 0.25) is 0 Å². The summed E-state index contributed by atoms with van der Waals surface area (Å²) in [5, 5.41) is 9.63. The van der Waals surface area contributed by atoms with Crippen LogP contribution in [-0.2, 0) is 14.3 Å². The maximum absolute atomic E-state index is 12.2. The molecule has 320 valence electrons. The van der Waals surface area contributed by atoms with E-state index in [1.54, 1.807) is 0 Å². The van der Waals surface area contributed by atoms with Crippen molar-refractivity contribution < 1.29 is 19.4 Å². The van der Waals surface area contributed by atoms with E-state index in [4.69, 9.17) is 9.47 Å². The molecule has 0 heterocycles. The summed E-state index contributed by atoms with van der Waals surface area (Å²) in [4.78, 5) is 12.2. The zero-order chi connectivity index (χ0) is 39.8. The van der Waals surface area contributed by atoms with Crippen LogP contribution in [0.4, 0.5) is 0 Å². The van der Waals surface area contributed by atoms with Gasteiger partial charge in [-0.1, -0.05) is 229 Å². The maximum Gasteiger partial charge on any atom is 0.306 e. The van der Waals surface area contributed by atoms with Crippen molar-refractivity contribution in [1.82, 2.24) is 0 Å². The van der Waals surface area contributed by atoms with Gasteiger partial charge in [-0.3, -0.25) is 4.79 Å². The van der Waals surface area contributed by atoms with E-state index in [2.05, 4.69) is 74.6 Å². The predicted molar refractivity (Wildman–Crippen MR) is 242 cm³/mol. The van der Waals surface area contributed by atoms with E-state index in [0.717, 1.165) is 51.4 Å². The lowest BCUT2D eigenvalue weighted by Gasteiger charge is -2.16. The van der Waals surface area contributed by atoms with Gasteiger partial charge in [0.1, 0.15) is 6.10 Å². The largest absolute Gasteiger partial charge is 0.457 e. The second-order valence-corrected chi connectivity index (χ2v) is 15.8. The minimum atomic E-state index is -0.539. The summed E-state index contributed by atoms with van der Waals surface area (Å²) in [6.45, 7) is 5.24. The molecule has 0 spiro atoms. The van der Waals surface area contributed by atoms with Crippen molar-refractivity contribution in [2.45, 2.75) is 238 Å². The molecule has 0 aliphatic rings. The topological polar surface area (TPSA) is 55.8 Å². The summed E-state index contributed by atoms with van der Waals surface area (Å²) in [5.74, 6) is -0.201. The number of allylic oxidation sites excluding steroid dienone is 10. The molecule has 0 aliphatic heterocycles.